The Hall–Kier alpha value is -2.68. The number of hydrogen-bond acceptors (Lipinski definition) is 5. The van der Waals surface area contributed by atoms with Crippen molar-refractivity contribution < 1.29 is 13.2 Å². The number of hydrogen-bond donors (Lipinski definition) is 2. The van der Waals surface area contributed by atoms with Gasteiger partial charge in [-0.25, -0.2) is 13.4 Å². The Balaban J connectivity index is 1.62. The summed E-state index contributed by atoms with van der Waals surface area (Å²) in [6.45, 7) is 0.793. The molecular formula is C17H21N5O3S. The van der Waals surface area contributed by atoms with Crippen molar-refractivity contribution in [2.24, 2.45) is 4.99 Å². The van der Waals surface area contributed by atoms with Crippen LogP contribution in [0.15, 0.2) is 52.9 Å². The molecule has 26 heavy (non-hydrogen) atoms. The van der Waals surface area contributed by atoms with Gasteiger partial charge in [-0.15, -0.1) is 0 Å². The number of sulfonamides is 1. The number of amides is 1. The van der Waals surface area contributed by atoms with E-state index in [1.165, 1.54) is 12.1 Å². The number of nitrogens with one attached hydrogen (secondary N) is 2. The van der Waals surface area contributed by atoms with Crippen LogP contribution in [0.3, 0.4) is 0 Å². The topological polar surface area (TPSA) is 105 Å². The molecule has 138 valence electrons. The van der Waals surface area contributed by atoms with Crippen molar-refractivity contribution in [2.75, 3.05) is 11.9 Å². The third-order valence-electron chi connectivity index (χ3n) is 3.96. The number of carbonyl (C=O) groups excluding carboxylic acids is 1. The van der Waals surface area contributed by atoms with Crippen LogP contribution in [-0.2, 0) is 21.4 Å². The number of benzene rings is 1. The van der Waals surface area contributed by atoms with Crippen LogP contribution in [0.4, 0.5) is 5.69 Å². The molecule has 2 aromatic rings. The smallest absolute Gasteiger partial charge is 0.262 e. The molecule has 2 heterocycles. The van der Waals surface area contributed by atoms with Gasteiger partial charge < -0.3 is 9.88 Å². The van der Waals surface area contributed by atoms with Gasteiger partial charge in [0.15, 0.2) is 0 Å². The molecule has 1 aliphatic heterocycles. The van der Waals surface area contributed by atoms with E-state index in [2.05, 4.69) is 20.0 Å². The lowest BCUT2D eigenvalue weighted by Gasteiger charge is -2.11. The number of anilines is 1. The van der Waals surface area contributed by atoms with E-state index in [4.69, 9.17) is 0 Å². The highest BCUT2D eigenvalue weighted by atomic mass is 32.2. The van der Waals surface area contributed by atoms with Crippen molar-refractivity contribution in [1.29, 1.82) is 0 Å². The predicted molar refractivity (Wildman–Crippen MR) is 98.4 cm³/mol. The van der Waals surface area contributed by atoms with E-state index in [0.29, 0.717) is 24.5 Å². The van der Waals surface area contributed by atoms with Crippen LogP contribution in [0.1, 0.15) is 25.7 Å². The maximum Gasteiger partial charge on any atom is 0.262 e. The van der Waals surface area contributed by atoms with Gasteiger partial charge in [-0.2, -0.15) is 0 Å². The molecule has 0 bridgehead atoms. The quantitative estimate of drug-likeness (QED) is 0.831. The predicted octanol–water partition coefficient (Wildman–Crippen LogP) is 1.77. The van der Waals surface area contributed by atoms with Gasteiger partial charge in [0, 0.05) is 31.0 Å². The minimum absolute atomic E-state index is 0.136. The zero-order chi connectivity index (χ0) is 18.4. The van der Waals surface area contributed by atoms with Crippen molar-refractivity contribution >= 4 is 27.5 Å². The molecule has 0 saturated carbocycles. The fourth-order valence-corrected chi connectivity index (χ4v) is 3.72. The first-order valence-electron chi connectivity index (χ1n) is 8.45. The second kappa shape index (κ2) is 8.13. The molecular weight excluding hydrogens is 354 g/mol. The third-order valence-corrected chi connectivity index (χ3v) is 5.36. The van der Waals surface area contributed by atoms with Gasteiger partial charge in [0.25, 0.3) is 10.0 Å². The normalized spacial score (nSPS) is 15.0. The summed E-state index contributed by atoms with van der Waals surface area (Å²) in [6.07, 6.45) is 8.46. The lowest BCUT2D eigenvalue weighted by atomic mass is 10.2. The van der Waals surface area contributed by atoms with E-state index in [1.807, 2.05) is 0 Å². The lowest BCUT2D eigenvalue weighted by molar-refractivity contribution is -0.116. The molecule has 0 atom stereocenters. The summed E-state index contributed by atoms with van der Waals surface area (Å²) in [5.74, 6) is 0.296. The molecule has 0 radical (unpaired) electrons. The summed E-state index contributed by atoms with van der Waals surface area (Å²) in [7, 11) is -3.67. The Labute approximate surface area is 152 Å². The summed E-state index contributed by atoms with van der Waals surface area (Å²) >= 11 is 0. The van der Waals surface area contributed by atoms with Gasteiger partial charge in [-0.05, 0) is 37.1 Å². The highest BCUT2D eigenvalue weighted by Crippen LogP contribution is 2.15. The number of imidazole rings is 1. The van der Waals surface area contributed by atoms with Crippen LogP contribution in [0.25, 0.3) is 0 Å². The van der Waals surface area contributed by atoms with Gasteiger partial charge in [0.05, 0.1) is 11.2 Å². The monoisotopic (exact) mass is 375 g/mol. The van der Waals surface area contributed by atoms with E-state index in [-0.39, 0.29) is 17.3 Å². The molecule has 1 aliphatic rings. The molecule has 1 aromatic heterocycles. The minimum Gasteiger partial charge on any atom is -0.328 e. The second-order valence-corrected chi connectivity index (χ2v) is 7.73. The fraction of sp³-hybridized carbons (Fsp3) is 0.353. The van der Waals surface area contributed by atoms with Gasteiger partial charge in [-0.3, -0.25) is 14.5 Å². The van der Waals surface area contributed by atoms with Gasteiger partial charge >= 0.3 is 0 Å². The number of aromatic nitrogens is 2. The Morgan fingerprint density at radius 2 is 1.96 bits per heavy atom. The largest absolute Gasteiger partial charge is 0.328 e. The standard InChI is InChI=1S/C17H21N5O3S/c23-17(12-22-11-10-18-13-22)20-14-5-7-15(8-6-14)26(24,25)21-16-4-2-1-3-9-19-16/h5-8,10-11,13H,1-4,9,12H2,(H,19,21)(H,20,23). The highest BCUT2D eigenvalue weighted by Gasteiger charge is 2.17. The number of nitrogens with zero attached hydrogens (tertiary/aromatic N) is 3. The van der Waals surface area contributed by atoms with E-state index in [0.717, 1.165) is 19.3 Å². The highest BCUT2D eigenvalue weighted by molar-refractivity contribution is 7.90. The zero-order valence-corrected chi connectivity index (χ0v) is 15.1. The average molecular weight is 375 g/mol. The second-order valence-electron chi connectivity index (χ2n) is 6.05. The average Bonchev–Trinajstić information content (AvgIpc) is 2.98. The first kappa shape index (κ1) is 18.1. The van der Waals surface area contributed by atoms with Crippen molar-refractivity contribution in [3.63, 3.8) is 0 Å². The number of amidine groups is 1. The van der Waals surface area contributed by atoms with Crippen LogP contribution in [0.5, 0.6) is 0 Å². The summed E-state index contributed by atoms with van der Waals surface area (Å²) in [5, 5.41) is 2.72. The van der Waals surface area contributed by atoms with Crippen molar-refractivity contribution in [2.45, 2.75) is 37.1 Å². The Morgan fingerprint density at radius 1 is 1.15 bits per heavy atom. The molecule has 0 aliphatic carbocycles. The first-order chi connectivity index (χ1) is 12.5. The fourth-order valence-electron chi connectivity index (χ4n) is 2.64. The van der Waals surface area contributed by atoms with Crippen molar-refractivity contribution in [1.82, 2.24) is 14.3 Å². The van der Waals surface area contributed by atoms with Crippen molar-refractivity contribution in [3.05, 3.63) is 43.0 Å². The number of carbonyl (C=O) groups is 1. The Kier molecular flexibility index (Phi) is 5.67. The molecule has 0 spiro atoms. The Morgan fingerprint density at radius 3 is 2.69 bits per heavy atom. The molecule has 0 saturated heterocycles. The molecule has 0 fully saturated rings. The van der Waals surface area contributed by atoms with Crippen LogP contribution in [0, 0.1) is 0 Å². The number of aliphatic imine (C=N–C) groups is 1. The summed E-state index contributed by atoms with van der Waals surface area (Å²) in [6, 6.07) is 6.06. The molecule has 2 N–H and O–H groups in total. The number of rotatable bonds is 5. The molecule has 1 aromatic carbocycles. The van der Waals surface area contributed by atoms with E-state index < -0.39 is 10.0 Å². The minimum atomic E-state index is -3.67. The molecule has 0 unspecified atom stereocenters. The van der Waals surface area contributed by atoms with Crippen molar-refractivity contribution in [3.8, 4) is 0 Å². The summed E-state index contributed by atoms with van der Waals surface area (Å²) in [5.41, 5.74) is 0.529. The molecule has 9 heteroatoms. The maximum atomic E-state index is 12.5. The van der Waals surface area contributed by atoms with Gasteiger partial charge in [0.1, 0.15) is 12.4 Å². The zero-order valence-electron chi connectivity index (χ0n) is 14.3. The van der Waals surface area contributed by atoms with E-state index in [1.54, 1.807) is 35.4 Å². The van der Waals surface area contributed by atoms with Crippen LogP contribution in [0.2, 0.25) is 0 Å². The van der Waals surface area contributed by atoms with Gasteiger partial charge in [-0.1, -0.05) is 6.42 Å². The third kappa shape index (κ3) is 4.92. The van der Waals surface area contributed by atoms with Gasteiger partial charge in [0.2, 0.25) is 5.91 Å². The first-order valence-corrected chi connectivity index (χ1v) is 9.93. The lowest BCUT2D eigenvalue weighted by Crippen LogP contribution is -2.30. The van der Waals surface area contributed by atoms with Crippen LogP contribution in [-0.4, -0.2) is 36.3 Å². The molecule has 3 rings (SSSR count). The summed E-state index contributed by atoms with van der Waals surface area (Å²) in [4.78, 5) is 20.2. The SMILES string of the molecule is O=C(Cn1ccnc1)Nc1ccc(S(=O)(=O)NC2=NCCCCC2)cc1. The Bertz CT molecular complexity index is 874. The molecule has 1 amide bonds. The maximum absolute atomic E-state index is 12.5. The van der Waals surface area contributed by atoms with Crippen LogP contribution < -0.4 is 10.0 Å². The van der Waals surface area contributed by atoms with E-state index in [9.17, 15) is 13.2 Å². The molecule has 8 nitrogen and oxygen atoms in total. The van der Waals surface area contributed by atoms with E-state index >= 15 is 0 Å². The summed E-state index contributed by atoms with van der Waals surface area (Å²) < 4.78 is 29.1. The van der Waals surface area contributed by atoms with Crippen LogP contribution >= 0.6 is 0 Å².